The van der Waals surface area contributed by atoms with E-state index >= 15 is 0 Å². The van der Waals surface area contributed by atoms with Gasteiger partial charge in [-0.3, -0.25) is 0 Å². The standard InChI is InChI=1S/C9H18N4O2/c1-4-13(5-2)9-11-8(15-12-9)7(6-10)14-3/h7H,4-6,10H2,1-3H3. The number of ether oxygens (including phenoxy) is 1. The zero-order valence-electron chi connectivity index (χ0n) is 9.43. The van der Waals surface area contributed by atoms with Crippen LogP contribution in [0.4, 0.5) is 5.95 Å². The highest BCUT2D eigenvalue weighted by atomic mass is 16.5. The first-order chi connectivity index (χ1) is 7.26. The van der Waals surface area contributed by atoms with Gasteiger partial charge in [-0.15, -0.1) is 0 Å². The molecule has 0 aromatic carbocycles. The zero-order valence-corrected chi connectivity index (χ0v) is 9.43. The smallest absolute Gasteiger partial charge is 0.266 e. The summed E-state index contributed by atoms with van der Waals surface area (Å²) in [4.78, 5) is 6.23. The molecule has 0 amide bonds. The van der Waals surface area contributed by atoms with E-state index in [0.717, 1.165) is 13.1 Å². The highest BCUT2D eigenvalue weighted by Gasteiger charge is 2.18. The number of rotatable bonds is 6. The molecule has 0 radical (unpaired) electrons. The Balaban J connectivity index is 2.78. The number of hydrogen-bond donors (Lipinski definition) is 1. The van der Waals surface area contributed by atoms with Crippen molar-refractivity contribution in [3.63, 3.8) is 0 Å². The van der Waals surface area contributed by atoms with Crippen molar-refractivity contribution in [3.8, 4) is 0 Å². The molecule has 0 aliphatic carbocycles. The van der Waals surface area contributed by atoms with Crippen LogP contribution in [0.1, 0.15) is 25.8 Å². The quantitative estimate of drug-likeness (QED) is 0.745. The minimum Gasteiger partial charge on any atom is -0.370 e. The lowest BCUT2D eigenvalue weighted by Gasteiger charge is -2.14. The molecule has 15 heavy (non-hydrogen) atoms. The van der Waals surface area contributed by atoms with Crippen LogP contribution in [0.3, 0.4) is 0 Å². The summed E-state index contributed by atoms with van der Waals surface area (Å²) in [5.74, 6) is 1.02. The normalized spacial score (nSPS) is 12.8. The number of hydrogen-bond acceptors (Lipinski definition) is 6. The molecule has 1 unspecified atom stereocenters. The van der Waals surface area contributed by atoms with Gasteiger partial charge in [-0.25, -0.2) is 0 Å². The summed E-state index contributed by atoms with van der Waals surface area (Å²) in [5.41, 5.74) is 5.50. The number of aromatic nitrogens is 2. The van der Waals surface area contributed by atoms with E-state index in [-0.39, 0.29) is 6.10 Å². The molecule has 0 spiro atoms. The van der Waals surface area contributed by atoms with Crippen molar-refractivity contribution in [2.75, 3.05) is 31.6 Å². The zero-order chi connectivity index (χ0) is 11.3. The van der Waals surface area contributed by atoms with Crippen LogP contribution in [-0.2, 0) is 4.74 Å². The van der Waals surface area contributed by atoms with Crippen molar-refractivity contribution in [2.24, 2.45) is 5.73 Å². The first-order valence-electron chi connectivity index (χ1n) is 5.08. The van der Waals surface area contributed by atoms with Crippen molar-refractivity contribution in [1.29, 1.82) is 0 Å². The van der Waals surface area contributed by atoms with Crippen molar-refractivity contribution >= 4 is 5.95 Å². The summed E-state index contributed by atoms with van der Waals surface area (Å²) >= 11 is 0. The maximum atomic E-state index is 5.50. The Morgan fingerprint density at radius 3 is 2.60 bits per heavy atom. The van der Waals surface area contributed by atoms with E-state index in [0.29, 0.717) is 18.4 Å². The van der Waals surface area contributed by atoms with Gasteiger partial charge in [0.05, 0.1) is 0 Å². The van der Waals surface area contributed by atoms with E-state index in [9.17, 15) is 0 Å². The lowest BCUT2D eigenvalue weighted by atomic mass is 10.3. The van der Waals surface area contributed by atoms with Gasteiger partial charge < -0.3 is 19.9 Å². The number of nitrogens with zero attached hydrogens (tertiary/aromatic N) is 3. The van der Waals surface area contributed by atoms with E-state index in [2.05, 4.69) is 10.1 Å². The van der Waals surface area contributed by atoms with Gasteiger partial charge in [-0.1, -0.05) is 0 Å². The van der Waals surface area contributed by atoms with Gasteiger partial charge in [0, 0.05) is 26.7 Å². The monoisotopic (exact) mass is 214 g/mol. The Labute approximate surface area is 89.4 Å². The first-order valence-corrected chi connectivity index (χ1v) is 5.08. The second-order valence-corrected chi connectivity index (χ2v) is 3.06. The molecule has 2 N–H and O–H groups in total. The topological polar surface area (TPSA) is 77.4 Å². The van der Waals surface area contributed by atoms with Gasteiger partial charge in [0.1, 0.15) is 6.10 Å². The lowest BCUT2D eigenvalue weighted by Crippen LogP contribution is -2.23. The fraction of sp³-hybridized carbons (Fsp3) is 0.778. The Hall–Kier alpha value is -1.14. The van der Waals surface area contributed by atoms with Gasteiger partial charge in [0.2, 0.25) is 0 Å². The van der Waals surface area contributed by atoms with Crippen LogP contribution in [0.2, 0.25) is 0 Å². The highest BCUT2D eigenvalue weighted by molar-refractivity contribution is 5.26. The number of anilines is 1. The molecule has 0 bridgehead atoms. The van der Waals surface area contributed by atoms with Crippen LogP contribution in [0.15, 0.2) is 4.52 Å². The molecule has 0 saturated carbocycles. The minimum absolute atomic E-state index is 0.318. The Morgan fingerprint density at radius 2 is 2.13 bits per heavy atom. The van der Waals surface area contributed by atoms with Gasteiger partial charge in [0.15, 0.2) is 0 Å². The van der Waals surface area contributed by atoms with Crippen LogP contribution >= 0.6 is 0 Å². The van der Waals surface area contributed by atoms with Crippen molar-refractivity contribution in [1.82, 2.24) is 10.1 Å². The van der Waals surface area contributed by atoms with E-state index in [1.54, 1.807) is 7.11 Å². The third-order valence-electron chi connectivity index (χ3n) is 2.25. The first kappa shape index (κ1) is 11.9. The molecule has 0 aliphatic heterocycles. The molecule has 1 rings (SSSR count). The van der Waals surface area contributed by atoms with Crippen LogP contribution in [-0.4, -0.2) is 36.9 Å². The number of nitrogens with two attached hydrogens (primary N) is 1. The Bertz CT molecular complexity index is 255. The third-order valence-corrected chi connectivity index (χ3v) is 2.25. The number of methoxy groups -OCH3 is 1. The second kappa shape index (κ2) is 5.67. The fourth-order valence-electron chi connectivity index (χ4n) is 1.29. The van der Waals surface area contributed by atoms with Crippen molar-refractivity contribution in [3.05, 3.63) is 5.89 Å². The molecule has 86 valence electrons. The summed E-state index contributed by atoms with van der Waals surface area (Å²) in [6.45, 7) is 6.09. The van der Waals surface area contributed by atoms with Gasteiger partial charge in [-0.2, -0.15) is 4.98 Å². The molecule has 1 aromatic rings. The van der Waals surface area contributed by atoms with Gasteiger partial charge in [0.25, 0.3) is 11.8 Å². The summed E-state index contributed by atoms with van der Waals surface area (Å²) in [6, 6.07) is 0. The maximum Gasteiger partial charge on any atom is 0.266 e. The molecule has 6 nitrogen and oxygen atoms in total. The molecule has 1 heterocycles. The summed E-state index contributed by atoms with van der Waals surface area (Å²) in [6.07, 6.45) is -0.318. The Morgan fingerprint density at radius 1 is 1.47 bits per heavy atom. The fourth-order valence-corrected chi connectivity index (χ4v) is 1.29. The largest absolute Gasteiger partial charge is 0.370 e. The SMILES string of the molecule is CCN(CC)c1noc(C(CN)OC)n1. The summed E-state index contributed by atoms with van der Waals surface area (Å²) < 4.78 is 10.2. The molecule has 1 atom stereocenters. The maximum absolute atomic E-state index is 5.50. The predicted octanol–water partition coefficient (Wildman–Crippen LogP) is 0.562. The van der Waals surface area contributed by atoms with Gasteiger partial charge >= 0.3 is 0 Å². The van der Waals surface area contributed by atoms with E-state index in [1.165, 1.54) is 0 Å². The lowest BCUT2D eigenvalue weighted by molar-refractivity contribution is 0.0804. The minimum atomic E-state index is -0.318. The summed E-state index contributed by atoms with van der Waals surface area (Å²) in [7, 11) is 1.57. The van der Waals surface area contributed by atoms with Crippen molar-refractivity contribution in [2.45, 2.75) is 20.0 Å². The average molecular weight is 214 g/mol. The van der Waals surface area contributed by atoms with Crippen LogP contribution < -0.4 is 10.6 Å². The van der Waals surface area contributed by atoms with Gasteiger partial charge in [-0.05, 0) is 19.0 Å². The summed E-state index contributed by atoms with van der Waals surface area (Å²) in [5, 5.41) is 3.88. The molecular weight excluding hydrogens is 196 g/mol. The molecular formula is C9H18N4O2. The predicted molar refractivity (Wildman–Crippen MR) is 56.7 cm³/mol. The van der Waals surface area contributed by atoms with Crippen LogP contribution in [0.25, 0.3) is 0 Å². The van der Waals surface area contributed by atoms with Crippen LogP contribution in [0.5, 0.6) is 0 Å². The van der Waals surface area contributed by atoms with Crippen molar-refractivity contribution < 1.29 is 9.26 Å². The molecule has 1 aromatic heterocycles. The highest BCUT2D eigenvalue weighted by Crippen LogP contribution is 2.16. The average Bonchev–Trinajstić information content (AvgIpc) is 2.71. The third kappa shape index (κ3) is 2.66. The van der Waals surface area contributed by atoms with E-state index in [4.69, 9.17) is 15.0 Å². The molecule has 0 fully saturated rings. The van der Waals surface area contributed by atoms with Crippen LogP contribution in [0, 0.1) is 0 Å². The second-order valence-electron chi connectivity index (χ2n) is 3.06. The molecule has 0 saturated heterocycles. The van der Waals surface area contributed by atoms with E-state index in [1.807, 2.05) is 18.7 Å². The Kier molecular flexibility index (Phi) is 4.51. The molecule has 6 heteroatoms. The van der Waals surface area contributed by atoms with E-state index < -0.39 is 0 Å². The molecule has 0 aliphatic rings.